The minimum absolute atomic E-state index is 0.799. The molecule has 0 fully saturated rings. The molecule has 0 saturated heterocycles. The Morgan fingerprint density at radius 1 is 1.16 bits per heavy atom. The lowest BCUT2D eigenvalue weighted by atomic mass is 10.1. The number of rotatable bonds is 3. The molecule has 2 aromatic rings. The van der Waals surface area contributed by atoms with E-state index in [1.165, 1.54) is 22.4 Å². The molecule has 0 amide bonds. The molecule has 3 rings (SSSR count). The van der Waals surface area contributed by atoms with Gasteiger partial charge in [-0.2, -0.15) is 11.8 Å². The summed E-state index contributed by atoms with van der Waals surface area (Å²) in [6.45, 7) is 2.10. The third kappa shape index (κ3) is 2.59. The number of aryl methyl sites for hydroxylation is 1. The molecule has 0 saturated carbocycles. The number of nitrogens with zero attached hydrogens (tertiary/aromatic N) is 2. The molecule has 4 heteroatoms. The molecule has 98 valence electrons. The first-order chi connectivity index (χ1) is 9.26. The molecule has 2 heterocycles. The summed E-state index contributed by atoms with van der Waals surface area (Å²) in [6.07, 6.45) is 0.799. The Morgan fingerprint density at radius 2 is 1.95 bits per heavy atom. The normalized spacial score (nSPS) is 13.4. The van der Waals surface area contributed by atoms with Crippen LogP contribution in [0.4, 0.5) is 5.82 Å². The van der Waals surface area contributed by atoms with E-state index in [9.17, 15) is 0 Å². The van der Waals surface area contributed by atoms with E-state index in [-0.39, 0.29) is 0 Å². The largest absolute Gasteiger partial charge is 0.373 e. The van der Waals surface area contributed by atoms with Crippen LogP contribution in [0.2, 0.25) is 0 Å². The minimum atomic E-state index is 0.799. The first kappa shape index (κ1) is 12.5. The Hall–Kier alpha value is -1.55. The molecular weight excluding hydrogens is 254 g/mol. The lowest BCUT2D eigenvalue weighted by Crippen LogP contribution is -2.06. The van der Waals surface area contributed by atoms with Crippen molar-refractivity contribution < 1.29 is 0 Å². The van der Waals surface area contributed by atoms with Gasteiger partial charge < -0.3 is 5.32 Å². The number of nitrogens with one attached hydrogen (secondary N) is 1. The van der Waals surface area contributed by atoms with Crippen LogP contribution in [-0.2, 0) is 17.9 Å². The van der Waals surface area contributed by atoms with Gasteiger partial charge in [0, 0.05) is 30.5 Å². The molecule has 1 aromatic carbocycles. The number of aromatic nitrogens is 2. The van der Waals surface area contributed by atoms with Gasteiger partial charge in [0.15, 0.2) is 0 Å². The average molecular weight is 271 g/mol. The van der Waals surface area contributed by atoms with Crippen molar-refractivity contribution in [2.24, 2.45) is 0 Å². The smallest absolute Gasteiger partial charge is 0.135 e. The van der Waals surface area contributed by atoms with Gasteiger partial charge in [0.2, 0.25) is 0 Å². The van der Waals surface area contributed by atoms with Crippen molar-refractivity contribution in [3.63, 3.8) is 0 Å². The van der Waals surface area contributed by atoms with Crippen LogP contribution < -0.4 is 5.32 Å². The molecule has 0 unspecified atom stereocenters. The van der Waals surface area contributed by atoms with E-state index in [0.717, 1.165) is 29.6 Å². The summed E-state index contributed by atoms with van der Waals surface area (Å²) in [5, 5.41) is 3.20. The highest BCUT2D eigenvalue weighted by Gasteiger charge is 2.19. The van der Waals surface area contributed by atoms with Crippen LogP contribution in [0.3, 0.4) is 0 Å². The Bertz CT molecular complexity index is 593. The van der Waals surface area contributed by atoms with E-state index in [1.807, 2.05) is 18.8 Å². The summed E-state index contributed by atoms with van der Waals surface area (Å²) >= 11 is 1.91. The van der Waals surface area contributed by atoms with Crippen LogP contribution in [0.1, 0.15) is 28.2 Å². The van der Waals surface area contributed by atoms with Gasteiger partial charge in [-0.1, -0.05) is 29.8 Å². The van der Waals surface area contributed by atoms with Gasteiger partial charge in [-0.25, -0.2) is 9.97 Å². The van der Waals surface area contributed by atoms with E-state index in [0.29, 0.717) is 0 Å². The van der Waals surface area contributed by atoms with Crippen molar-refractivity contribution in [1.82, 2.24) is 9.97 Å². The highest BCUT2D eigenvalue weighted by molar-refractivity contribution is 7.98. The molecule has 19 heavy (non-hydrogen) atoms. The van der Waals surface area contributed by atoms with Crippen molar-refractivity contribution in [2.45, 2.75) is 24.9 Å². The minimum Gasteiger partial charge on any atom is -0.373 e. The fourth-order valence-corrected chi connectivity index (χ4v) is 3.32. The molecule has 1 aromatic heterocycles. The summed E-state index contributed by atoms with van der Waals surface area (Å²) in [7, 11) is 1.93. The summed E-state index contributed by atoms with van der Waals surface area (Å²) in [6, 6.07) is 8.58. The van der Waals surface area contributed by atoms with Gasteiger partial charge in [-0.15, -0.1) is 0 Å². The molecular formula is C15H17N3S. The molecule has 1 aliphatic heterocycles. The fourth-order valence-electron chi connectivity index (χ4n) is 2.28. The molecule has 1 N–H and O–H groups in total. The number of fused-ring (bicyclic) bond motifs is 1. The van der Waals surface area contributed by atoms with Crippen LogP contribution in [-0.4, -0.2) is 17.0 Å². The van der Waals surface area contributed by atoms with Crippen LogP contribution >= 0.6 is 11.8 Å². The standard InChI is InChI=1S/C15H17N3S/c1-10-3-5-11(6-4-10)7-14-17-13-9-19-8-12(13)15(16-2)18-14/h3-6H,7-9H2,1-2H3,(H,16,17,18). The maximum atomic E-state index is 4.71. The molecule has 0 radical (unpaired) electrons. The Labute approximate surface area is 117 Å². The second-order valence-electron chi connectivity index (χ2n) is 4.82. The SMILES string of the molecule is CNc1nc(Cc2ccc(C)cc2)nc2c1CSC2. The first-order valence-electron chi connectivity index (χ1n) is 6.46. The van der Waals surface area contributed by atoms with Crippen LogP contribution in [0, 0.1) is 6.92 Å². The highest BCUT2D eigenvalue weighted by atomic mass is 32.2. The van der Waals surface area contributed by atoms with E-state index in [4.69, 9.17) is 4.98 Å². The van der Waals surface area contributed by atoms with E-state index >= 15 is 0 Å². The van der Waals surface area contributed by atoms with Gasteiger partial charge in [0.25, 0.3) is 0 Å². The number of thioether (sulfide) groups is 1. The zero-order chi connectivity index (χ0) is 13.2. The van der Waals surface area contributed by atoms with Gasteiger partial charge >= 0.3 is 0 Å². The van der Waals surface area contributed by atoms with Crippen LogP contribution in [0.25, 0.3) is 0 Å². The maximum Gasteiger partial charge on any atom is 0.135 e. The third-order valence-corrected chi connectivity index (χ3v) is 4.31. The van der Waals surface area contributed by atoms with Crippen LogP contribution in [0.5, 0.6) is 0 Å². The lowest BCUT2D eigenvalue weighted by molar-refractivity contribution is 0.929. The van der Waals surface area contributed by atoms with Crippen LogP contribution in [0.15, 0.2) is 24.3 Å². The second-order valence-corrected chi connectivity index (χ2v) is 5.80. The van der Waals surface area contributed by atoms with Gasteiger partial charge in [-0.3, -0.25) is 0 Å². The Balaban J connectivity index is 1.91. The van der Waals surface area contributed by atoms with Crippen molar-refractivity contribution in [2.75, 3.05) is 12.4 Å². The maximum absolute atomic E-state index is 4.71. The van der Waals surface area contributed by atoms with Crippen molar-refractivity contribution >= 4 is 17.6 Å². The summed E-state index contributed by atoms with van der Waals surface area (Å²) in [5.74, 6) is 3.94. The fraction of sp³-hybridized carbons (Fsp3) is 0.333. The number of hydrogen-bond donors (Lipinski definition) is 1. The Morgan fingerprint density at radius 3 is 2.68 bits per heavy atom. The van der Waals surface area contributed by atoms with Gasteiger partial charge in [-0.05, 0) is 12.5 Å². The molecule has 0 spiro atoms. The third-order valence-electron chi connectivity index (χ3n) is 3.34. The first-order valence-corrected chi connectivity index (χ1v) is 7.61. The topological polar surface area (TPSA) is 37.8 Å². The quantitative estimate of drug-likeness (QED) is 0.930. The summed E-state index contributed by atoms with van der Waals surface area (Å²) in [4.78, 5) is 9.35. The van der Waals surface area contributed by atoms with E-state index in [2.05, 4.69) is 41.5 Å². The lowest BCUT2D eigenvalue weighted by Gasteiger charge is -2.09. The molecule has 0 aliphatic carbocycles. The summed E-state index contributed by atoms with van der Waals surface area (Å²) < 4.78 is 0. The van der Waals surface area contributed by atoms with Crippen molar-refractivity contribution in [1.29, 1.82) is 0 Å². The van der Waals surface area contributed by atoms with E-state index < -0.39 is 0 Å². The monoisotopic (exact) mass is 271 g/mol. The molecule has 3 nitrogen and oxygen atoms in total. The summed E-state index contributed by atoms with van der Waals surface area (Å²) in [5.41, 5.74) is 5.02. The number of anilines is 1. The Kier molecular flexibility index (Phi) is 3.42. The second kappa shape index (κ2) is 5.21. The average Bonchev–Trinajstić information content (AvgIpc) is 2.89. The van der Waals surface area contributed by atoms with Crippen molar-refractivity contribution in [3.8, 4) is 0 Å². The van der Waals surface area contributed by atoms with Gasteiger partial charge in [0.1, 0.15) is 11.6 Å². The number of hydrogen-bond acceptors (Lipinski definition) is 4. The molecule has 0 bridgehead atoms. The predicted octanol–water partition coefficient (Wildman–Crippen LogP) is 3.16. The molecule has 0 atom stereocenters. The van der Waals surface area contributed by atoms with E-state index in [1.54, 1.807) is 0 Å². The zero-order valence-corrected chi connectivity index (χ0v) is 12.0. The zero-order valence-electron chi connectivity index (χ0n) is 11.2. The predicted molar refractivity (Wildman–Crippen MR) is 80.6 cm³/mol. The molecule has 1 aliphatic rings. The van der Waals surface area contributed by atoms with Crippen molar-refractivity contribution in [3.05, 3.63) is 52.5 Å². The highest BCUT2D eigenvalue weighted by Crippen LogP contribution is 2.32. The van der Waals surface area contributed by atoms with Gasteiger partial charge in [0.05, 0.1) is 5.69 Å². The number of benzene rings is 1.